The standard InChI is InChI=1S/C19H15ClN2O5/c1-25-13-5-3-4-12(16(13)26-2)15-14-17(27-21-15)19(24)22(18(14)23)11-8-6-10(20)7-9-11/h3-9,14,17H,1-2H3/t14-,17+/m1/s1. The van der Waals surface area contributed by atoms with Crippen LogP contribution in [-0.2, 0) is 14.4 Å². The number of carbonyl (C=O) groups excluding carboxylic acids is 2. The third-order valence-corrected chi connectivity index (χ3v) is 4.83. The summed E-state index contributed by atoms with van der Waals surface area (Å²) in [4.78, 5) is 32.2. The molecule has 0 N–H and O–H groups in total. The van der Waals surface area contributed by atoms with Crippen molar-refractivity contribution >= 4 is 34.8 Å². The Balaban J connectivity index is 1.74. The van der Waals surface area contributed by atoms with Crippen LogP contribution in [0.4, 0.5) is 5.69 Å². The van der Waals surface area contributed by atoms with Gasteiger partial charge in [-0.2, -0.15) is 0 Å². The summed E-state index contributed by atoms with van der Waals surface area (Å²) in [5.74, 6) is -0.809. The molecule has 0 aliphatic carbocycles. The van der Waals surface area contributed by atoms with Crippen LogP contribution in [-0.4, -0.2) is 37.8 Å². The Kier molecular flexibility index (Phi) is 4.24. The molecule has 8 heteroatoms. The minimum Gasteiger partial charge on any atom is -0.493 e. The molecule has 0 bridgehead atoms. The molecule has 1 fully saturated rings. The van der Waals surface area contributed by atoms with E-state index in [0.717, 1.165) is 4.90 Å². The molecule has 2 aliphatic heterocycles. The van der Waals surface area contributed by atoms with Gasteiger partial charge in [0, 0.05) is 10.6 Å². The lowest BCUT2D eigenvalue weighted by Crippen LogP contribution is -2.33. The third kappa shape index (κ3) is 2.62. The second kappa shape index (κ2) is 6.59. The molecular weight excluding hydrogens is 372 g/mol. The molecule has 138 valence electrons. The van der Waals surface area contributed by atoms with Crippen molar-refractivity contribution in [2.75, 3.05) is 19.1 Å². The van der Waals surface area contributed by atoms with Crippen LogP contribution in [0.15, 0.2) is 47.6 Å². The van der Waals surface area contributed by atoms with Gasteiger partial charge in [-0.15, -0.1) is 0 Å². The second-order valence-corrected chi connectivity index (χ2v) is 6.45. The molecular formula is C19H15ClN2O5. The van der Waals surface area contributed by atoms with Crippen molar-refractivity contribution in [3.8, 4) is 11.5 Å². The number of fused-ring (bicyclic) bond motifs is 1. The molecule has 1 saturated heterocycles. The maximum absolute atomic E-state index is 13.1. The summed E-state index contributed by atoms with van der Waals surface area (Å²) in [7, 11) is 3.01. The quantitative estimate of drug-likeness (QED) is 0.755. The van der Waals surface area contributed by atoms with Gasteiger partial charge in [-0.25, -0.2) is 4.90 Å². The van der Waals surface area contributed by atoms with Crippen molar-refractivity contribution < 1.29 is 23.9 Å². The van der Waals surface area contributed by atoms with E-state index >= 15 is 0 Å². The Morgan fingerprint density at radius 1 is 1.04 bits per heavy atom. The van der Waals surface area contributed by atoms with Crippen LogP contribution in [0.2, 0.25) is 5.02 Å². The molecule has 2 aromatic carbocycles. The minimum absolute atomic E-state index is 0.338. The number of nitrogens with zero attached hydrogens (tertiary/aromatic N) is 2. The summed E-state index contributed by atoms with van der Waals surface area (Å²) in [6.45, 7) is 0. The van der Waals surface area contributed by atoms with Gasteiger partial charge in [0.2, 0.25) is 12.0 Å². The van der Waals surface area contributed by atoms with E-state index in [1.165, 1.54) is 14.2 Å². The van der Waals surface area contributed by atoms with Gasteiger partial charge in [0.1, 0.15) is 11.6 Å². The lowest BCUT2D eigenvalue weighted by molar-refractivity contribution is -0.126. The highest BCUT2D eigenvalue weighted by atomic mass is 35.5. The number of amides is 2. The summed E-state index contributed by atoms with van der Waals surface area (Å²) in [5, 5.41) is 4.52. The monoisotopic (exact) mass is 386 g/mol. The number of halogens is 1. The highest BCUT2D eigenvalue weighted by Gasteiger charge is 2.56. The molecule has 0 unspecified atom stereocenters. The average Bonchev–Trinajstić information content (AvgIpc) is 3.22. The Hall–Kier alpha value is -3.06. The number of oxime groups is 1. The number of methoxy groups -OCH3 is 2. The summed E-state index contributed by atoms with van der Waals surface area (Å²) in [6.07, 6.45) is -1.00. The van der Waals surface area contributed by atoms with Crippen molar-refractivity contribution in [2.45, 2.75) is 6.10 Å². The highest BCUT2D eigenvalue weighted by molar-refractivity contribution is 6.33. The van der Waals surface area contributed by atoms with Crippen molar-refractivity contribution in [2.24, 2.45) is 11.1 Å². The van der Waals surface area contributed by atoms with Crippen molar-refractivity contribution in [1.82, 2.24) is 0 Å². The van der Waals surface area contributed by atoms with Gasteiger partial charge >= 0.3 is 0 Å². The van der Waals surface area contributed by atoms with Crippen LogP contribution < -0.4 is 14.4 Å². The van der Waals surface area contributed by atoms with Crippen molar-refractivity contribution in [3.63, 3.8) is 0 Å². The number of hydrogen-bond donors (Lipinski definition) is 0. The molecule has 0 spiro atoms. The molecule has 2 heterocycles. The van der Waals surface area contributed by atoms with Crippen molar-refractivity contribution in [3.05, 3.63) is 53.1 Å². The first-order valence-electron chi connectivity index (χ1n) is 8.15. The minimum atomic E-state index is -1.00. The summed E-state index contributed by atoms with van der Waals surface area (Å²) in [5.41, 5.74) is 1.32. The lowest BCUT2D eigenvalue weighted by Gasteiger charge is -2.16. The normalized spacial score (nSPS) is 21.0. The molecule has 2 aromatic rings. The van der Waals surface area contributed by atoms with E-state index in [-0.39, 0.29) is 0 Å². The molecule has 7 nitrogen and oxygen atoms in total. The molecule has 4 rings (SSSR count). The number of rotatable bonds is 4. The Labute approximate surface area is 160 Å². The van der Waals surface area contributed by atoms with Gasteiger partial charge in [-0.1, -0.05) is 22.8 Å². The van der Waals surface area contributed by atoms with E-state index in [1.807, 2.05) is 0 Å². The molecule has 2 amide bonds. The van der Waals surface area contributed by atoms with Crippen LogP contribution in [0.25, 0.3) is 0 Å². The van der Waals surface area contributed by atoms with E-state index in [2.05, 4.69) is 5.16 Å². The maximum atomic E-state index is 13.1. The molecule has 0 saturated carbocycles. The zero-order valence-corrected chi connectivity index (χ0v) is 15.3. The number of imide groups is 1. The molecule has 0 aromatic heterocycles. The van der Waals surface area contributed by atoms with Gasteiger partial charge in [0.05, 0.1) is 19.9 Å². The van der Waals surface area contributed by atoms with E-state index in [9.17, 15) is 9.59 Å². The smallest absolute Gasteiger partial charge is 0.278 e. The Bertz CT molecular complexity index is 957. The number of ether oxygens (including phenoxy) is 2. The number of hydrogen-bond acceptors (Lipinski definition) is 6. The van der Waals surface area contributed by atoms with E-state index in [4.69, 9.17) is 25.9 Å². The molecule has 2 aliphatic rings. The van der Waals surface area contributed by atoms with Gasteiger partial charge in [0.25, 0.3) is 5.91 Å². The zero-order chi connectivity index (χ0) is 19.1. The SMILES string of the molecule is COc1cccc(C2=NO[C@@H]3C(=O)N(c4ccc(Cl)cc4)C(=O)[C@H]23)c1OC. The van der Waals surface area contributed by atoms with E-state index in [1.54, 1.807) is 42.5 Å². The zero-order valence-electron chi connectivity index (χ0n) is 14.5. The molecule has 0 radical (unpaired) electrons. The van der Waals surface area contributed by atoms with Crippen LogP contribution in [0.1, 0.15) is 5.56 Å². The van der Waals surface area contributed by atoms with Gasteiger partial charge in [-0.3, -0.25) is 9.59 Å². The molecule has 2 atom stereocenters. The fourth-order valence-electron chi connectivity index (χ4n) is 3.33. The Morgan fingerprint density at radius 3 is 2.44 bits per heavy atom. The fourth-order valence-corrected chi connectivity index (χ4v) is 3.46. The number of carbonyl (C=O) groups is 2. The second-order valence-electron chi connectivity index (χ2n) is 6.01. The number of para-hydroxylation sites is 1. The first kappa shape index (κ1) is 17.4. The summed E-state index contributed by atoms with van der Waals surface area (Å²) < 4.78 is 10.7. The largest absolute Gasteiger partial charge is 0.493 e. The van der Waals surface area contributed by atoms with Gasteiger partial charge in [0.15, 0.2) is 11.5 Å². The summed E-state index contributed by atoms with van der Waals surface area (Å²) >= 11 is 5.89. The van der Waals surface area contributed by atoms with Crippen LogP contribution in [0.5, 0.6) is 11.5 Å². The third-order valence-electron chi connectivity index (χ3n) is 4.58. The van der Waals surface area contributed by atoms with Crippen LogP contribution in [0, 0.1) is 5.92 Å². The number of benzene rings is 2. The number of anilines is 1. The first-order valence-corrected chi connectivity index (χ1v) is 8.53. The van der Waals surface area contributed by atoms with E-state index in [0.29, 0.717) is 33.5 Å². The maximum Gasteiger partial charge on any atom is 0.278 e. The lowest BCUT2D eigenvalue weighted by atomic mass is 9.93. The van der Waals surface area contributed by atoms with Gasteiger partial charge in [-0.05, 0) is 36.4 Å². The van der Waals surface area contributed by atoms with E-state index < -0.39 is 23.8 Å². The topological polar surface area (TPSA) is 77.4 Å². The van der Waals surface area contributed by atoms with Crippen molar-refractivity contribution in [1.29, 1.82) is 0 Å². The predicted molar refractivity (Wildman–Crippen MR) is 98.4 cm³/mol. The van der Waals surface area contributed by atoms with Crippen LogP contribution >= 0.6 is 11.6 Å². The highest BCUT2D eigenvalue weighted by Crippen LogP contribution is 2.39. The van der Waals surface area contributed by atoms with Crippen LogP contribution in [0.3, 0.4) is 0 Å². The summed E-state index contributed by atoms with van der Waals surface area (Å²) in [6, 6.07) is 11.7. The molecule has 27 heavy (non-hydrogen) atoms. The first-order chi connectivity index (χ1) is 13.1. The van der Waals surface area contributed by atoms with Gasteiger partial charge < -0.3 is 14.3 Å². The Morgan fingerprint density at radius 2 is 1.78 bits per heavy atom. The fraction of sp³-hybridized carbons (Fsp3) is 0.211. The average molecular weight is 387 g/mol. The predicted octanol–water partition coefficient (Wildman–Crippen LogP) is 2.65.